The van der Waals surface area contributed by atoms with E-state index < -0.39 is 0 Å². The average molecular weight is 110 g/mol. The first-order valence-electron chi connectivity index (χ1n) is 3.38. The summed E-state index contributed by atoms with van der Waals surface area (Å²) < 4.78 is 0. The summed E-state index contributed by atoms with van der Waals surface area (Å²) in [5.74, 6) is 1.69. The van der Waals surface area contributed by atoms with E-state index in [2.05, 4.69) is 26.8 Å². The van der Waals surface area contributed by atoms with Crippen molar-refractivity contribution in [2.45, 2.75) is 27.2 Å². The first kappa shape index (κ1) is 5.87. The highest BCUT2D eigenvalue weighted by molar-refractivity contribution is 5.10. The Balaban J connectivity index is 2.59. The smallest absolute Gasteiger partial charge is 0.0229 e. The molecule has 0 bridgehead atoms. The minimum absolute atomic E-state index is 0.838. The van der Waals surface area contributed by atoms with E-state index in [1.807, 2.05) is 0 Å². The van der Waals surface area contributed by atoms with Crippen LogP contribution in [0.25, 0.3) is 0 Å². The zero-order valence-corrected chi connectivity index (χ0v) is 5.94. The zero-order chi connectivity index (χ0) is 6.15. The SMILES string of the molecule is CC1=CC(C)CC1C. The molecule has 0 saturated heterocycles. The number of allylic oxidation sites excluding steroid dienone is 2. The maximum absolute atomic E-state index is 2.38. The average Bonchev–Trinajstić information content (AvgIpc) is 1.85. The molecule has 0 aromatic rings. The first-order valence-corrected chi connectivity index (χ1v) is 3.38. The second-order valence-corrected chi connectivity index (χ2v) is 3.02. The van der Waals surface area contributed by atoms with Crippen LogP contribution in [0.1, 0.15) is 27.2 Å². The summed E-state index contributed by atoms with van der Waals surface area (Å²) >= 11 is 0. The third-order valence-corrected chi connectivity index (χ3v) is 2.05. The van der Waals surface area contributed by atoms with Crippen molar-refractivity contribution in [3.8, 4) is 0 Å². The molecule has 0 saturated carbocycles. The topological polar surface area (TPSA) is 0 Å². The van der Waals surface area contributed by atoms with Gasteiger partial charge in [-0.1, -0.05) is 25.5 Å². The lowest BCUT2D eigenvalue weighted by Gasteiger charge is -2.01. The lowest BCUT2D eigenvalue weighted by molar-refractivity contribution is 0.577. The molecule has 0 radical (unpaired) electrons. The van der Waals surface area contributed by atoms with Crippen molar-refractivity contribution < 1.29 is 0 Å². The van der Waals surface area contributed by atoms with E-state index in [1.54, 1.807) is 5.57 Å². The molecule has 46 valence electrons. The Morgan fingerprint density at radius 1 is 1.50 bits per heavy atom. The van der Waals surface area contributed by atoms with Crippen LogP contribution in [0.3, 0.4) is 0 Å². The Kier molecular flexibility index (Phi) is 1.41. The molecule has 1 rings (SSSR count). The molecule has 0 nitrogen and oxygen atoms in total. The van der Waals surface area contributed by atoms with Crippen molar-refractivity contribution in [1.82, 2.24) is 0 Å². The van der Waals surface area contributed by atoms with Gasteiger partial charge < -0.3 is 0 Å². The Hall–Kier alpha value is -0.260. The van der Waals surface area contributed by atoms with Gasteiger partial charge in [0.25, 0.3) is 0 Å². The van der Waals surface area contributed by atoms with Gasteiger partial charge in [-0.3, -0.25) is 0 Å². The molecule has 0 heteroatoms. The van der Waals surface area contributed by atoms with Gasteiger partial charge in [0.1, 0.15) is 0 Å². The summed E-state index contributed by atoms with van der Waals surface area (Å²) in [5, 5.41) is 0. The van der Waals surface area contributed by atoms with Crippen LogP contribution in [0.4, 0.5) is 0 Å². The van der Waals surface area contributed by atoms with Gasteiger partial charge in [0.05, 0.1) is 0 Å². The molecule has 0 heterocycles. The summed E-state index contributed by atoms with van der Waals surface area (Å²) in [5.41, 5.74) is 1.58. The van der Waals surface area contributed by atoms with Gasteiger partial charge in [-0.15, -0.1) is 0 Å². The van der Waals surface area contributed by atoms with E-state index >= 15 is 0 Å². The molecule has 0 aliphatic heterocycles. The van der Waals surface area contributed by atoms with Gasteiger partial charge in [0, 0.05) is 0 Å². The van der Waals surface area contributed by atoms with E-state index in [1.165, 1.54) is 6.42 Å². The predicted molar refractivity (Wildman–Crippen MR) is 36.7 cm³/mol. The predicted octanol–water partition coefficient (Wildman–Crippen LogP) is 2.61. The first-order chi connectivity index (χ1) is 3.70. The standard InChI is InChI=1S/C8H14/c1-6-4-7(2)8(3)5-6/h4,6,8H,5H2,1-3H3. The van der Waals surface area contributed by atoms with Crippen LogP contribution in [0.2, 0.25) is 0 Å². The summed E-state index contributed by atoms with van der Waals surface area (Å²) in [7, 11) is 0. The van der Waals surface area contributed by atoms with Gasteiger partial charge in [-0.05, 0) is 25.2 Å². The molecule has 0 fully saturated rings. The van der Waals surface area contributed by atoms with Crippen molar-refractivity contribution in [2.24, 2.45) is 11.8 Å². The minimum atomic E-state index is 0.838. The molecule has 0 aromatic heterocycles. The molecular weight excluding hydrogens is 96.1 g/mol. The molecule has 0 aromatic carbocycles. The van der Waals surface area contributed by atoms with E-state index in [0.29, 0.717) is 0 Å². The van der Waals surface area contributed by atoms with Gasteiger partial charge in [-0.2, -0.15) is 0 Å². The van der Waals surface area contributed by atoms with Crippen LogP contribution < -0.4 is 0 Å². The van der Waals surface area contributed by atoms with E-state index in [-0.39, 0.29) is 0 Å². The van der Waals surface area contributed by atoms with E-state index in [9.17, 15) is 0 Å². The molecule has 2 unspecified atom stereocenters. The van der Waals surface area contributed by atoms with E-state index in [0.717, 1.165) is 11.8 Å². The summed E-state index contributed by atoms with van der Waals surface area (Å²) in [6.45, 7) is 6.82. The summed E-state index contributed by atoms with van der Waals surface area (Å²) in [6, 6.07) is 0. The lowest BCUT2D eigenvalue weighted by Crippen LogP contribution is -1.89. The Labute approximate surface area is 51.6 Å². The van der Waals surface area contributed by atoms with Gasteiger partial charge >= 0.3 is 0 Å². The molecule has 0 N–H and O–H groups in total. The van der Waals surface area contributed by atoms with Crippen LogP contribution >= 0.6 is 0 Å². The Bertz CT molecular complexity index is 111. The van der Waals surface area contributed by atoms with Crippen molar-refractivity contribution in [1.29, 1.82) is 0 Å². The fourth-order valence-electron chi connectivity index (χ4n) is 1.42. The summed E-state index contributed by atoms with van der Waals surface area (Å²) in [6.07, 6.45) is 3.75. The van der Waals surface area contributed by atoms with Crippen molar-refractivity contribution in [3.63, 3.8) is 0 Å². The molecule has 0 spiro atoms. The molecule has 1 aliphatic rings. The normalized spacial score (nSPS) is 37.6. The fourth-order valence-corrected chi connectivity index (χ4v) is 1.42. The number of hydrogen-bond acceptors (Lipinski definition) is 0. The van der Waals surface area contributed by atoms with Crippen LogP contribution in [0, 0.1) is 11.8 Å². The van der Waals surface area contributed by atoms with Crippen LogP contribution in [-0.4, -0.2) is 0 Å². The Morgan fingerprint density at radius 2 is 2.12 bits per heavy atom. The molecule has 2 atom stereocenters. The zero-order valence-electron chi connectivity index (χ0n) is 5.94. The highest BCUT2D eigenvalue weighted by Crippen LogP contribution is 2.28. The third-order valence-electron chi connectivity index (χ3n) is 2.05. The number of hydrogen-bond donors (Lipinski definition) is 0. The molecular formula is C8H14. The minimum Gasteiger partial charge on any atom is -0.0825 e. The highest BCUT2D eigenvalue weighted by atomic mass is 14.2. The molecule has 8 heavy (non-hydrogen) atoms. The van der Waals surface area contributed by atoms with Crippen molar-refractivity contribution in [3.05, 3.63) is 11.6 Å². The largest absolute Gasteiger partial charge is 0.0825 e. The van der Waals surface area contributed by atoms with Gasteiger partial charge in [0.2, 0.25) is 0 Å². The van der Waals surface area contributed by atoms with Crippen molar-refractivity contribution in [2.75, 3.05) is 0 Å². The second-order valence-electron chi connectivity index (χ2n) is 3.02. The molecule has 0 amide bonds. The van der Waals surface area contributed by atoms with Gasteiger partial charge in [0.15, 0.2) is 0 Å². The second kappa shape index (κ2) is 1.93. The highest BCUT2D eigenvalue weighted by Gasteiger charge is 2.15. The maximum Gasteiger partial charge on any atom is -0.0229 e. The fraction of sp³-hybridized carbons (Fsp3) is 0.750. The summed E-state index contributed by atoms with van der Waals surface area (Å²) in [4.78, 5) is 0. The van der Waals surface area contributed by atoms with Crippen LogP contribution in [0.5, 0.6) is 0 Å². The van der Waals surface area contributed by atoms with E-state index in [4.69, 9.17) is 0 Å². The lowest BCUT2D eigenvalue weighted by atomic mass is 10.0. The monoisotopic (exact) mass is 110 g/mol. The number of rotatable bonds is 0. The quantitative estimate of drug-likeness (QED) is 0.420. The molecule has 1 aliphatic carbocycles. The van der Waals surface area contributed by atoms with Crippen LogP contribution in [-0.2, 0) is 0 Å². The maximum atomic E-state index is 2.38. The van der Waals surface area contributed by atoms with Crippen molar-refractivity contribution >= 4 is 0 Å². The van der Waals surface area contributed by atoms with Crippen LogP contribution in [0.15, 0.2) is 11.6 Å². The van der Waals surface area contributed by atoms with Gasteiger partial charge in [-0.25, -0.2) is 0 Å². The third kappa shape index (κ3) is 0.936. The Morgan fingerprint density at radius 3 is 2.25 bits per heavy atom.